The molecule has 0 radical (unpaired) electrons. The van der Waals surface area contributed by atoms with Gasteiger partial charge in [-0.25, -0.2) is 9.97 Å². The molecule has 0 unspecified atom stereocenters. The van der Waals surface area contributed by atoms with E-state index < -0.39 is 0 Å². The average molecular weight is 210 g/mol. The van der Waals surface area contributed by atoms with E-state index in [0.29, 0.717) is 0 Å². The molecule has 0 aliphatic rings. The van der Waals surface area contributed by atoms with Crippen molar-refractivity contribution in [1.29, 1.82) is 0 Å². The molecule has 5 nitrogen and oxygen atoms in total. The fourth-order valence-corrected chi connectivity index (χ4v) is 1.21. The first-order chi connectivity index (χ1) is 7.15. The standard InChI is InChI=1S/C10H18N4O/c1-13(2)9-7-10(12-8-11-9)14(3)5-4-6-15/h7-8,15H,4-6H2,1-3H3. The highest BCUT2D eigenvalue weighted by Crippen LogP contribution is 2.14. The van der Waals surface area contributed by atoms with Crippen molar-refractivity contribution >= 4 is 11.6 Å². The van der Waals surface area contributed by atoms with Crippen molar-refractivity contribution in [1.82, 2.24) is 9.97 Å². The summed E-state index contributed by atoms with van der Waals surface area (Å²) in [5, 5.41) is 8.74. The van der Waals surface area contributed by atoms with Gasteiger partial charge in [-0.2, -0.15) is 0 Å². The molecule has 0 aliphatic carbocycles. The van der Waals surface area contributed by atoms with E-state index in [1.54, 1.807) is 6.33 Å². The van der Waals surface area contributed by atoms with Gasteiger partial charge in [-0.1, -0.05) is 0 Å². The topological polar surface area (TPSA) is 52.5 Å². The number of hydrogen-bond acceptors (Lipinski definition) is 5. The van der Waals surface area contributed by atoms with Gasteiger partial charge in [-0.3, -0.25) is 0 Å². The van der Waals surface area contributed by atoms with E-state index in [0.717, 1.165) is 24.6 Å². The van der Waals surface area contributed by atoms with Crippen LogP contribution in [0.25, 0.3) is 0 Å². The van der Waals surface area contributed by atoms with E-state index in [4.69, 9.17) is 5.11 Å². The molecule has 84 valence electrons. The first-order valence-electron chi connectivity index (χ1n) is 4.96. The third kappa shape index (κ3) is 3.36. The summed E-state index contributed by atoms with van der Waals surface area (Å²) in [5.41, 5.74) is 0. The Hall–Kier alpha value is -1.36. The average Bonchev–Trinajstić information content (AvgIpc) is 2.26. The van der Waals surface area contributed by atoms with E-state index in [9.17, 15) is 0 Å². The van der Waals surface area contributed by atoms with Gasteiger partial charge in [-0.15, -0.1) is 0 Å². The van der Waals surface area contributed by atoms with Gasteiger partial charge in [0.2, 0.25) is 0 Å². The molecular weight excluding hydrogens is 192 g/mol. The van der Waals surface area contributed by atoms with Crippen LogP contribution in [0.15, 0.2) is 12.4 Å². The molecule has 0 aromatic carbocycles. The highest BCUT2D eigenvalue weighted by atomic mass is 16.3. The van der Waals surface area contributed by atoms with Crippen LogP contribution in [0.1, 0.15) is 6.42 Å². The number of anilines is 2. The molecule has 1 rings (SSSR count). The van der Waals surface area contributed by atoms with Gasteiger partial charge in [0, 0.05) is 40.4 Å². The Bertz CT molecular complexity index is 303. The first kappa shape index (κ1) is 11.7. The van der Waals surface area contributed by atoms with Crippen molar-refractivity contribution in [2.24, 2.45) is 0 Å². The predicted molar refractivity (Wildman–Crippen MR) is 61.3 cm³/mol. The van der Waals surface area contributed by atoms with Gasteiger partial charge in [0.15, 0.2) is 0 Å². The Morgan fingerprint density at radius 3 is 2.47 bits per heavy atom. The predicted octanol–water partition coefficient (Wildman–Crippen LogP) is 0.361. The van der Waals surface area contributed by atoms with Gasteiger partial charge < -0.3 is 14.9 Å². The maximum atomic E-state index is 8.74. The molecule has 1 N–H and O–H groups in total. The third-order valence-electron chi connectivity index (χ3n) is 2.14. The van der Waals surface area contributed by atoms with Crippen LogP contribution in [-0.4, -0.2) is 49.4 Å². The highest BCUT2D eigenvalue weighted by molar-refractivity contribution is 5.48. The minimum Gasteiger partial charge on any atom is -0.396 e. The number of hydrogen-bond donors (Lipinski definition) is 1. The number of aliphatic hydroxyl groups is 1. The van der Waals surface area contributed by atoms with Crippen molar-refractivity contribution in [2.75, 3.05) is 44.1 Å². The first-order valence-corrected chi connectivity index (χ1v) is 4.96. The Morgan fingerprint density at radius 1 is 1.20 bits per heavy atom. The zero-order valence-electron chi connectivity index (χ0n) is 9.51. The molecule has 0 saturated heterocycles. The molecule has 15 heavy (non-hydrogen) atoms. The van der Waals surface area contributed by atoms with Crippen molar-refractivity contribution in [3.63, 3.8) is 0 Å². The fraction of sp³-hybridized carbons (Fsp3) is 0.600. The van der Waals surface area contributed by atoms with Crippen LogP contribution >= 0.6 is 0 Å². The summed E-state index contributed by atoms with van der Waals surface area (Å²) in [7, 11) is 5.84. The molecule has 0 aliphatic heterocycles. The molecule has 1 aromatic rings. The van der Waals surface area contributed by atoms with Crippen LogP contribution in [0.3, 0.4) is 0 Å². The molecule has 0 saturated carbocycles. The van der Waals surface area contributed by atoms with Gasteiger partial charge >= 0.3 is 0 Å². The quantitative estimate of drug-likeness (QED) is 0.760. The Labute approximate surface area is 90.4 Å². The highest BCUT2D eigenvalue weighted by Gasteiger charge is 2.04. The van der Waals surface area contributed by atoms with Crippen molar-refractivity contribution in [2.45, 2.75) is 6.42 Å². The van der Waals surface area contributed by atoms with Crippen LogP contribution in [0, 0.1) is 0 Å². The molecule has 1 heterocycles. The maximum Gasteiger partial charge on any atom is 0.133 e. The van der Waals surface area contributed by atoms with Gasteiger partial charge in [0.1, 0.15) is 18.0 Å². The minimum atomic E-state index is 0.204. The lowest BCUT2D eigenvalue weighted by Crippen LogP contribution is -2.21. The monoisotopic (exact) mass is 210 g/mol. The second-order valence-electron chi connectivity index (χ2n) is 3.63. The second kappa shape index (κ2) is 5.50. The molecule has 0 amide bonds. The fourth-order valence-electron chi connectivity index (χ4n) is 1.21. The Kier molecular flexibility index (Phi) is 4.30. The van der Waals surface area contributed by atoms with Crippen molar-refractivity contribution in [3.05, 3.63) is 12.4 Å². The lowest BCUT2D eigenvalue weighted by molar-refractivity contribution is 0.290. The largest absolute Gasteiger partial charge is 0.396 e. The summed E-state index contributed by atoms with van der Waals surface area (Å²) in [6.07, 6.45) is 2.30. The normalized spacial score (nSPS) is 10.1. The molecule has 5 heteroatoms. The lowest BCUT2D eigenvalue weighted by atomic mass is 10.4. The van der Waals surface area contributed by atoms with Gasteiger partial charge in [0.05, 0.1) is 0 Å². The van der Waals surface area contributed by atoms with E-state index in [1.165, 1.54) is 0 Å². The second-order valence-corrected chi connectivity index (χ2v) is 3.63. The molecule has 0 spiro atoms. The Balaban J connectivity index is 2.71. The molecule has 0 atom stereocenters. The van der Waals surface area contributed by atoms with Crippen LogP contribution in [0.4, 0.5) is 11.6 Å². The lowest BCUT2D eigenvalue weighted by Gasteiger charge is -2.19. The number of aliphatic hydroxyl groups excluding tert-OH is 1. The van der Waals surface area contributed by atoms with E-state index >= 15 is 0 Å². The number of nitrogens with zero attached hydrogens (tertiary/aromatic N) is 4. The van der Waals surface area contributed by atoms with E-state index in [-0.39, 0.29) is 6.61 Å². The van der Waals surface area contributed by atoms with Crippen LogP contribution < -0.4 is 9.80 Å². The zero-order chi connectivity index (χ0) is 11.3. The van der Waals surface area contributed by atoms with Gasteiger partial charge in [-0.05, 0) is 6.42 Å². The van der Waals surface area contributed by atoms with E-state index in [1.807, 2.05) is 37.0 Å². The zero-order valence-corrected chi connectivity index (χ0v) is 9.51. The summed E-state index contributed by atoms with van der Waals surface area (Å²) in [5.74, 6) is 1.76. The number of aromatic nitrogens is 2. The SMILES string of the molecule is CN(C)c1cc(N(C)CCCO)ncn1. The van der Waals surface area contributed by atoms with E-state index in [2.05, 4.69) is 9.97 Å². The van der Waals surface area contributed by atoms with Crippen LogP contribution in [0.2, 0.25) is 0 Å². The Morgan fingerprint density at radius 2 is 1.87 bits per heavy atom. The maximum absolute atomic E-state index is 8.74. The minimum absolute atomic E-state index is 0.204. The summed E-state index contributed by atoms with van der Waals surface area (Å²) in [6, 6.07) is 1.93. The molecular formula is C10H18N4O. The third-order valence-corrected chi connectivity index (χ3v) is 2.14. The summed E-state index contributed by atoms with van der Waals surface area (Å²) in [4.78, 5) is 12.3. The number of rotatable bonds is 5. The molecule has 1 aromatic heterocycles. The molecule has 0 bridgehead atoms. The summed E-state index contributed by atoms with van der Waals surface area (Å²) < 4.78 is 0. The van der Waals surface area contributed by atoms with Crippen LogP contribution in [0.5, 0.6) is 0 Å². The summed E-state index contributed by atoms with van der Waals surface area (Å²) >= 11 is 0. The van der Waals surface area contributed by atoms with Crippen LogP contribution in [-0.2, 0) is 0 Å². The van der Waals surface area contributed by atoms with Gasteiger partial charge in [0.25, 0.3) is 0 Å². The smallest absolute Gasteiger partial charge is 0.133 e. The summed E-state index contributed by atoms with van der Waals surface area (Å²) in [6.45, 7) is 0.996. The molecule has 0 fully saturated rings. The van der Waals surface area contributed by atoms with Crippen molar-refractivity contribution < 1.29 is 5.11 Å². The van der Waals surface area contributed by atoms with Crippen molar-refractivity contribution in [3.8, 4) is 0 Å².